The Morgan fingerprint density at radius 2 is 2.10 bits per heavy atom. The summed E-state index contributed by atoms with van der Waals surface area (Å²) in [5.74, 6) is 5.30. The van der Waals surface area contributed by atoms with Crippen LogP contribution < -0.4 is 16.5 Å². The number of hydrogen-bond donors (Lipinski definition) is 2. The Hall–Kier alpha value is -0.930. The van der Waals surface area contributed by atoms with Crippen molar-refractivity contribution in [2.75, 3.05) is 5.73 Å². The number of anilines is 1. The summed E-state index contributed by atoms with van der Waals surface area (Å²) in [6.07, 6.45) is 0. The quantitative estimate of drug-likeness (QED) is 0.477. The summed E-state index contributed by atoms with van der Waals surface area (Å²) in [5, 5.41) is 0.419. The minimum Gasteiger partial charge on any atom is -0.410 e. The van der Waals surface area contributed by atoms with Crippen LogP contribution in [0.5, 0.6) is 5.75 Å². The van der Waals surface area contributed by atoms with Crippen molar-refractivity contribution in [2.45, 2.75) is 0 Å². The van der Waals surface area contributed by atoms with E-state index >= 15 is 0 Å². The molecule has 0 aliphatic carbocycles. The second-order valence-electron chi connectivity index (χ2n) is 1.81. The Balaban J connectivity index is 3.07. The molecule has 54 valence electrons. The minimum absolute atomic E-state index is 0.419. The van der Waals surface area contributed by atoms with Gasteiger partial charge >= 0.3 is 0 Å². The third-order valence-corrected chi connectivity index (χ3v) is 1.38. The molecule has 3 nitrogen and oxygen atoms in total. The Labute approximate surface area is 63.5 Å². The SMILES string of the molecule is NOc1ccc(N)cc1Cl. The zero-order valence-electron chi connectivity index (χ0n) is 5.17. The summed E-state index contributed by atoms with van der Waals surface area (Å²) in [6, 6.07) is 4.84. The molecule has 0 spiro atoms. The van der Waals surface area contributed by atoms with Crippen LogP contribution in [0.15, 0.2) is 18.2 Å². The van der Waals surface area contributed by atoms with Crippen LogP contribution in [0.25, 0.3) is 0 Å². The van der Waals surface area contributed by atoms with Gasteiger partial charge < -0.3 is 10.6 Å². The van der Waals surface area contributed by atoms with Crippen molar-refractivity contribution >= 4 is 17.3 Å². The van der Waals surface area contributed by atoms with Crippen molar-refractivity contribution in [3.8, 4) is 5.75 Å². The molecule has 0 saturated heterocycles. The topological polar surface area (TPSA) is 61.3 Å². The molecule has 0 heterocycles. The predicted octanol–water partition coefficient (Wildman–Crippen LogP) is 1.17. The Bertz CT molecular complexity index is 239. The average molecular weight is 159 g/mol. The maximum absolute atomic E-state index is 5.64. The molecule has 0 fully saturated rings. The summed E-state index contributed by atoms with van der Waals surface area (Å²) in [5.41, 5.74) is 5.99. The van der Waals surface area contributed by atoms with Crippen molar-refractivity contribution in [3.63, 3.8) is 0 Å². The standard InChI is InChI=1S/C6H7ClN2O/c7-5-3-4(8)1-2-6(5)10-9/h1-3H,8-9H2. The molecular formula is C6H7ClN2O. The van der Waals surface area contributed by atoms with Gasteiger partial charge in [0.25, 0.3) is 0 Å². The molecule has 0 amide bonds. The molecule has 0 radical (unpaired) electrons. The van der Waals surface area contributed by atoms with Gasteiger partial charge in [0.15, 0.2) is 5.75 Å². The monoisotopic (exact) mass is 158 g/mol. The van der Waals surface area contributed by atoms with Crippen LogP contribution in [0.2, 0.25) is 5.02 Å². The first-order chi connectivity index (χ1) is 4.74. The number of nitrogens with two attached hydrogens (primary N) is 2. The summed E-state index contributed by atoms with van der Waals surface area (Å²) >= 11 is 5.64. The van der Waals surface area contributed by atoms with E-state index in [9.17, 15) is 0 Å². The zero-order chi connectivity index (χ0) is 7.56. The van der Waals surface area contributed by atoms with Gasteiger partial charge in [-0.05, 0) is 18.2 Å². The minimum atomic E-state index is 0.419. The lowest BCUT2D eigenvalue weighted by Crippen LogP contribution is -2.02. The largest absolute Gasteiger partial charge is 0.410 e. The summed E-state index contributed by atoms with van der Waals surface area (Å²) in [4.78, 5) is 4.41. The Kier molecular flexibility index (Phi) is 1.99. The number of hydrogen-bond acceptors (Lipinski definition) is 3. The highest BCUT2D eigenvalue weighted by Gasteiger charge is 1.98. The first-order valence-corrected chi connectivity index (χ1v) is 3.03. The maximum atomic E-state index is 5.64. The number of nitrogen functional groups attached to an aromatic ring is 1. The second-order valence-corrected chi connectivity index (χ2v) is 2.21. The fourth-order valence-corrected chi connectivity index (χ4v) is 0.846. The smallest absolute Gasteiger partial charge is 0.165 e. The summed E-state index contributed by atoms with van der Waals surface area (Å²) < 4.78 is 0. The lowest BCUT2D eigenvalue weighted by Gasteiger charge is -2.00. The highest BCUT2D eigenvalue weighted by molar-refractivity contribution is 6.32. The van der Waals surface area contributed by atoms with Crippen molar-refractivity contribution in [3.05, 3.63) is 23.2 Å². The van der Waals surface area contributed by atoms with Gasteiger partial charge in [0.1, 0.15) is 0 Å². The Morgan fingerprint density at radius 1 is 1.40 bits per heavy atom. The molecule has 1 aromatic carbocycles. The third kappa shape index (κ3) is 1.32. The van der Waals surface area contributed by atoms with Gasteiger partial charge in [-0.25, -0.2) is 0 Å². The lowest BCUT2D eigenvalue weighted by molar-refractivity contribution is 0.335. The molecule has 0 aliphatic heterocycles. The van der Waals surface area contributed by atoms with E-state index < -0.39 is 0 Å². The van der Waals surface area contributed by atoms with Crippen LogP contribution in [0, 0.1) is 0 Å². The lowest BCUT2D eigenvalue weighted by atomic mass is 10.3. The van der Waals surface area contributed by atoms with Gasteiger partial charge in [0.05, 0.1) is 5.02 Å². The van der Waals surface area contributed by atoms with Crippen LogP contribution >= 0.6 is 11.6 Å². The van der Waals surface area contributed by atoms with Crippen LogP contribution in [0.1, 0.15) is 0 Å². The first kappa shape index (κ1) is 7.18. The van der Waals surface area contributed by atoms with Gasteiger partial charge in [0.2, 0.25) is 0 Å². The third-order valence-electron chi connectivity index (χ3n) is 1.08. The highest BCUT2D eigenvalue weighted by atomic mass is 35.5. The van der Waals surface area contributed by atoms with E-state index in [1.165, 1.54) is 0 Å². The van der Waals surface area contributed by atoms with E-state index in [1.807, 2.05) is 0 Å². The molecule has 4 N–H and O–H groups in total. The predicted molar refractivity (Wildman–Crippen MR) is 40.7 cm³/mol. The van der Waals surface area contributed by atoms with Gasteiger partial charge in [-0.15, -0.1) is 0 Å². The molecule has 0 aliphatic rings. The molecule has 0 saturated carbocycles. The molecule has 1 rings (SSSR count). The van der Waals surface area contributed by atoms with Crippen LogP contribution in [-0.2, 0) is 0 Å². The van der Waals surface area contributed by atoms with Crippen molar-refractivity contribution in [1.29, 1.82) is 0 Å². The second kappa shape index (κ2) is 2.77. The molecule has 0 atom stereocenters. The van der Waals surface area contributed by atoms with Gasteiger partial charge in [-0.1, -0.05) is 11.6 Å². The highest BCUT2D eigenvalue weighted by Crippen LogP contribution is 2.24. The van der Waals surface area contributed by atoms with E-state index in [1.54, 1.807) is 18.2 Å². The van der Waals surface area contributed by atoms with E-state index in [2.05, 4.69) is 4.84 Å². The normalized spacial score (nSPS) is 9.40. The molecule has 0 aromatic heterocycles. The number of benzene rings is 1. The van der Waals surface area contributed by atoms with Crippen molar-refractivity contribution in [2.24, 2.45) is 5.90 Å². The molecule has 4 heteroatoms. The van der Waals surface area contributed by atoms with E-state index in [-0.39, 0.29) is 0 Å². The number of halogens is 1. The summed E-state index contributed by atoms with van der Waals surface area (Å²) in [7, 11) is 0. The average Bonchev–Trinajstić information content (AvgIpc) is 1.88. The van der Waals surface area contributed by atoms with Crippen molar-refractivity contribution in [1.82, 2.24) is 0 Å². The first-order valence-electron chi connectivity index (χ1n) is 2.66. The van der Waals surface area contributed by atoms with Gasteiger partial charge in [0, 0.05) is 5.69 Å². The molecular weight excluding hydrogens is 152 g/mol. The van der Waals surface area contributed by atoms with E-state index in [0.717, 1.165) is 0 Å². The zero-order valence-corrected chi connectivity index (χ0v) is 5.93. The summed E-state index contributed by atoms with van der Waals surface area (Å²) in [6.45, 7) is 0. The van der Waals surface area contributed by atoms with Crippen LogP contribution in [-0.4, -0.2) is 0 Å². The van der Waals surface area contributed by atoms with Gasteiger partial charge in [-0.2, -0.15) is 5.90 Å². The maximum Gasteiger partial charge on any atom is 0.165 e. The number of rotatable bonds is 1. The molecule has 0 bridgehead atoms. The Morgan fingerprint density at radius 3 is 2.60 bits per heavy atom. The van der Waals surface area contributed by atoms with E-state index in [4.69, 9.17) is 23.2 Å². The molecule has 0 unspecified atom stereocenters. The molecule has 10 heavy (non-hydrogen) atoms. The fraction of sp³-hybridized carbons (Fsp3) is 0. The van der Waals surface area contributed by atoms with Crippen LogP contribution in [0.4, 0.5) is 5.69 Å². The fourth-order valence-electron chi connectivity index (χ4n) is 0.613. The van der Waals surface area contributed by atoms with Gasteiger partial charge in [-0.3, -0.25) is 0 Å². The van der Waals surface area contributed by atoms with Crippen LogP contribution in [0.3, 0.4) is 0 Å². The van der Waals surface area contributed by atoms with Crippen molar-refractivity contribution < 1.29 is 4.84 Å². The van der Waals surface area contributed by atoms with E-state index in [0.29, 0.717) is 16.5 Å². The molecule has 1 aromatic rings.